The van der Waals surface area contributed by atoms with Gasteiger partial charge in [-0.15, -0.1) is 0 Å². The van der Waals surface area contributed by atoms with Gasteiger partial charge in [0, 0.05) is 34.4 Å². The Balaban J connectivity index is 1.55. The van der Waals surface area contributed by atoms with Crippen molar-refractivity contribution < 1.29 is 0 Å². The molecule has 0 aliphatic heterocycles. The van der Waals surface area contributed by atoms with Gasteiger partial charge in [0.25, 0.3) is 0 Å². The van der Waals surface area contributed by atoms with E-state index in [-0.39, 0.29) is 0 Å². The molecule has 6 aromatic carbocycles. The molecule has 0 bridgehead atoms. The Hall–Kier alpha value is -4.82. The van der Waals surface area contributed by atoms with E-state index in [1.807, 2.05) is 0 Å². The van der Waals surface area contributed by atoms with Crippen molar-refractivity contribution in [2.75, 3.05) is 11.4 Å². The number of hydrogen-bond donors (Lipinski definition) is 0. The summed E-state index contributed by atoms with van der Waals surface area (Å²) < 4.78 is 2.42. The molecule has 2 nitrogen and oxygen atoms in total. The highest BCUT2D eigenvalue weighted by atomic mass is 15.1. The lowest BCUT2D eigenvalue weighted by Gasteiger charge is -2.25. The first kappa shape index (κ1) is 22.4. The SMILES string of the molecule is CCN(c1ccccc1)c1cc(-c2cccc3ccccc23)cc(-n2c3ccccc3c3ccccc32)c1. The van der Waals surface area contributed by atoms with Crippen molar-refractivity contribution in [3.05, 3.63) is 140 Å². The Morgan fingerprint density at radius 3 is 1.84 bits per heavy atom. The van der Waals surface area contributed by atoms with E-state index >= 15 is 0 Å². The fourth-order valence-electron chi connectivity index (χ4n) is 5.84. The molecule has 1 aromatic heterocycles. The second-order valence-corrected chi connectivity index (χ2v) is 9.71. The molecule has 7 aromatic rings. The normalized spacial score (nSPS) is 11.4. The zero-order valence-electron chi connectivity index (χ0n) is 21.4. The average molecular weight is 489 g/mol. The van der Waals surface area contributed by atoms with Gasteiger partial charge in [-0.2, -0.15) is 0 Å². The summed E-state index contributed by atoms with van der Waals surface area (Å²) >= 11 is 0. The molecule has 182 valence electrons. The molecule has 0 N–H and O–H groups in total. The van der Waals surface area contributed by atoms with E-state index in [4.69, 9.17) is 0 Å². The van der Waals surface area contributed by atoms with Gasteiger partial charge >= 0.3 is 0 Å². The first-order valence-electron chi connectivity index (χ1n) is 13.3. The van der Waals surface area contributed by atoms with Gasteiger partial charge in [0.2, 0.25) is 0 Å². The smallest absolute Gasteiger partial charge is 0.0541 e. The summed E-state index contributed by atoms with van der Waals surface area (Å²) in [6.45, 7) is 3.09. The molecule has 0 unspecified atom stereocenters. The third-order valence-corrected chi connectivity index (χ3v) is 7.54. The Morgan fingerprint density at radius 1 is 0.526 bits per heavy atom. The lowest BCUT2D eigenvalue weighted by atomic mass is 9.97. The number of para-hydroxylation sites is 3. The molecule has 0 saturated heterocycles. The molecule has 0 aliphatic rings. The highest BCUT2D eigenvalue weighted by molar-refractivity contribution is 6.09. The maximum absolute atomic E-state index is 2.42. The van der Waals surface area contributed by atoms with Crippen LogP contribution in [0.5, 0.6) is 0 Å². The van der Waals surface area contributed by atoms with Crippen LogP contribution in [0, 0.1) is 0 Å². The highest BCUT2D eigenvalue weighted by Gasteiger charge is 2.16. The van der Waals surface area contributed by atoms with E-state index in [2.05, 4.69) is 156 Å². The van der Waals surface area contributed by atoms with E-state index in [9.17, 15) is 0 Å². The van der Waals surface area contributed by atoms with Gasteiger partial charge in [-0.05, 0) is 71.3 Å². The van der Waals surface area contributed by atoms with E-state index in [0.717, 1.165) is 12.2 Å². The third kappa shape index (κ3) is 3.65. The summed E-state index contributed by atoms with van der Waals surface area (Å²) in [7, 11) is 0. The molecule has 2 heteroatoms. The third-order valence-electron chi connectivity index (χ3n) is 7.54. The summed E-state index contributed by atoms with van der Waals surface area (Å²) in [6, 6.07) is 50.4. The summed E-state index contributed by atoms with van der Waals surface area (Å²) in [5.41, 5.74) is 8.44. The Kier molecular flexibility index (Phi) is 5.44. The lowest BCUT2D eigenvalue weighted by molar-refractivity contribution is 1.02. The fraction of sp³-hybridized carbons (Fsp3) is 0.0556. The molecule has 38 heavy (non-hydrogen) atoms. The van der Waals surface area contributed by atoms with Crippen LogP contribution in [0.4, 0.5) is 11.4 Å². The molecule has 7 rings (SSSR count). The molecule has 0 saturated carbocycles. The highest BCUT2D eigenvalue weighted by Crippen LogP contribution is 2.38. The fourth-order valence-corrected chi connectivity index (χ4v) is 5.84. The predicted molar refractivity (Wildman–Crippen MR) is 163 cm³/mol. The van der Waals surface area contributed by atoms with Crippen molar-refractivity contribution in [3.8, 4) is 16.8 Å². The van der Waals surface area contributed by atoms with E-state index < -0.39 is 0 Å². The molecular weight excluding hydrogens is 460 g/mol. The van der Waals surface area contributed by atoms with Gasteiger partial charge in [0.15, 0.2) is 0 Å². The average Bonchev–Trinajstić information content (AvgIpc) is 3.32. The van der Waals surface area contributed by atoms with Gasteiger partial charge < -0.3 is 9.47 Å². The van der Waals surface area contributed by atoms with Crippen molar-refractivity contribution in [3.63, 3.8) is 0 Å². The van der Waals surface area contributed by atoms with Crippen LogP contribution >= 0.6 is 0 Å². The molecule has 0 radical (unpaired) electrons. The molecule has 0 spiro atoms. The van der Waals surface area contributed by atoms with Crippen LogP contribution in [0.2, 0.25) is 0 Å². The van der Waals surface area contributed by atoms with E-state index in [1.165, 1.54) is 55.1 Å². The Labute approximate surface area is 223 Å². The van der Waals surface area contributed by atoms with Crippen LogP contribution in [0.1, 0.15) is 6.92 Å². The lowest BCUT2D eigenvalue weighted by Crippen LogP contribution is -2.16. The number of benzene rings is 6. The van der Waals surface area contributed by atoms with Crippen molar-refractivity contribution in [1.29, 1.82) is 0 Å². The Morgan fingerprint density at radius 2 is 1.13 bits per heavy atom. The molecule has 0 amide bonds. The molecule has 0 aliphatic carbocycles. The minimum absolute atomic E-state index is 0.871. The van der Waals surface area contributed by atoms with Gasteiger partial charge in [-0.3, -0.25) is 0 Å². The maximum Gasteiger partial charge on any atom is 0.0541 e. The number of nitrogens with zero attached hydrogens (tertiary/aromatic N) is 2. The van der Waals surface area contributed by atoms with E-state index in [1.54, 1.807) is 0 Å². The molecular formula is C36H28N2. The van der Waals surface area contributed by atoms with Crippen molar-refractivity contribution in [2.45, 2.75) is 6.92 Å². The summed E-state index contributed by atoms with van der Waals surface area (Å²) in [5, 5.41) is 5.07. The minimum atomic E-state index is 0.871. The minimum Gasteiger partial charge on any atom is -0.342 e. The van der Waals surface area contributed by atoms with Crippen molar-refractivity contribution in [1.82, 2.24) is 4.57 Å². The second kappa shape index (κ2) is 9.24. The molecule has 1 heterocycles. The van der Waals surface area contributed by atoms with E-state index in [0.29, 0.717) is 0 Å². The number of anilines is 2. The first-order chi connectivity index (χ1) is 18.8. The number of hydrogen-bond acceptors (Lipinski definition) is 1. The predicted octanol–water partition coefficient (Wildman–Crippen LogP) is 9.76. The zero-order chi connectivity index (χ0) is 25.5. The quantitative estimate of drug-likeness (QED) is 0.234. The topological polar surface area (TPSA) is 8.17 Å². The van der Waals surface area contributed by atoms with Crippen LogP contribution < -0.4 is 4.90 Å². The van der Waals surface area contributed by atoms with Gasteiger partial charge in [0.05, 0.1) is 11.0 Å². The van der Waals surface area contributed by atoms with Gasteiger partial charge in [-0.1, -0.05) is 97.1 Å². The van der Waals surface area contributed by atoms with Crippen LogP contribution in [-0.2, 0) is 0 Å². The summed E-state index contributed by atoms with van der Waals surface area (Å²) in [6.07, 6.45) is 0. The first-order valence-corrected chi connectivity index (χ1v) is 13.3. The number of fused-ring (bicyclic) bond motifs is 4. The summed E-state index contributed by atoms with van der Waals surface area (Å²) in [5.74, 6) is 0. The number of rotatable bonds is 5. The second-order valence-electron chi connectivity index (χ2n) is 9.71. The molecule has 0 atom stereocenters. The van der Waals surface area contributed by atoms with Crippen LogP contribution in [-0.4, -0.2) is 11.1 Å². The Bertz CT molecular complexity index is 1850. The molecule has 0 fully saturated rings. The standard InChI is InChI=1S/C36H28N2/c1-2-37(28-15-4-3-5-16-28)29-23-27(32-20-12-14-26-13-6-7-17-31(26)32)24-30(25-29)38-35-21-10-8-18-33(35)34-19-9-11-22-36(34)38/h3-25H,2H2,1H3. The van der Waals surface area contributed by atoms with Crippen molar-refractivity contribution >= 4 is 44.0 Å². The van der Waals surface area contributed by atoms with Crippen LogP contribution in [0.3, 0.4) is 0 Å². The maximum atomic E-state index is 2.42. The summed E-state index contributed by atoms with van der Waals surface area (Å²) in [4.78, 5) is 2.39. The van der Waals surface area contributed by atoms with Crippen LogP contribution in [0.15, 0.2) is 140 Å². The van der Waals surface area contributed by atoms with Crippen LogP contribution in [0.25, 0.3) is 49.4 Å². The monoisotopic (exact) mass is 488 g/mol. The van der Waals surface area contributed by atoms with Crippen molar-refractivity contribution in [2.24, 2.45) is 0 Å². The van der Waals surface area contributed by atoms with Gasteiger partial charge in [-0.25, -0.2) is 0 Å². The largest absolute Gasteiger partial charge is 0.342 e. The van der Waals surface area contributed by atoms with Gasteiger partial charge in [0.1, 0.15) is 0 Å². The number of aromatic nitrogens is 1. The zero-order valence-corrected chi connectivity index (χ0v) is 21.4.